The van der Waals surface area contributed by atoms with E-state index in [0.29, 0.717) is 6.04 Å². The normalized spacial score (nSPS) is 11.4. The van der Waals surface area contributed by atoms with Crippen molar-refractivity contribution in [3.8, 4) is 9.88 Å². The van der Waals surface area contributed by atoms with Crippen molar-refractivity contribution in [1.82, 2.24) is 10.3 Å². The highest BCUT2D eigenvalue weighted by molar-refractivity contribution is 9.11. The van der Waals surface area contributed by atoms with Gasteiger partial charge in [0.25, 0.3) is 0 Å². The lowest BCUT2D eigenvalue weighted by Gasteiger charge is -2.07. The van der Waals surface area contributed by atoms with Crippen molar-refractivity contribution in [2.75, 3.05) is 0 Å². The summed E-state index contributed by atoms with van der Waals surface area (Å²) in [5.41, 5.74) is 1.26. The first-order chi connectivity index (χ1) is 9.10. The fourth-order valence-electron chi connectivity index (χ4n) is 1.79. The third kappa shape index (κ3) is 4.12. The van der Waals surface area contributed by atoms with E-state index in [4.69, 9.17) is 4.98 Å². The average molecular weight is 359 g/mol. The third-order valence-electron chi connectivity index (χ3n) is 2.72. The molecule has 19 heavy (non-hydrogen) atoms. The molecule has 0 aliphatic carbocycles. The van der Waals surface area contributed by atoms with E-state index >= 15 is 0 Å². The van der Waals surface area contributed by atoms with Crippen LogP contribution in [-0.2, 0) is 13.0 Å². The predicted octanol–water partition coefficient (Wildman–Crippen LogP) is 5.08. The minimum atomic E-state index is 0.510. The predicted molar refractivity (Wildman–Crippen MR) is 89.1 cm³/mol. The van der Waals surface area contributed by atoms with E-state index in [2.05, 4.69) is 54.2 Å². The molecule has 0 spiro atoms. The number of aromatic nitrogens is 1. The monoisotopic (exact) mass is 358 g/mol. The number of hydrogen-bond acceptors (Lipinski definition) is 4. The summed E-state index contributed by atoms with van der Waals surface area (Å²) in [6.45, 7) is 7.49. The van der Waals surface area contributed by atoms with Crippen molar-refractivity contribution in [3.63, 3.8) is 0 Å². The van der Waals surface area contributed by atoms with Gasteiger partial charge in [-0.1, -0.05) is 27.2 Å². The molecule has 5 heteroatoms. The molecule has 0 saturated heterocycles. The second-order valence-electron chi connectivity index (χ2n) is 4.78. The molecule has 0 amide bonds. The molecule has 2 nitrogen and oxygen atoms in total. The minimum Gasteiger partial charge on any atom is -0.310 e. The van der Waals surface area contributed by atoms with Gasteiger partial charge in [0.1, 0.15) is 5.01 Å². The Kier molecular flexibility index (Phi) is 5.57. The number of hydrogen-bond donors (Lipinski definition) is 1. The zero-order chi connectivity index (χ0) is 13.8. The fourth-order valence-corrected chi connectivity index (χ4v) is 4.28. The molecule has 0 saturated carbocycles. The van der Waals surface area contributed by atoms with E-state index < -0.39 is 0 Å². The molecule has 0 aliphatic rings. The maximum Gasteiger partial charge on any atom is 0.133 e. The van der Waals surface area contributed by atoms with E-state index in [1.807, 2.05) is 11.3 Å². The van der Waals surface area contributed by atoms with Crippen LogP contribution >= 0.6 is 38.6 Å². The molecule has 0 aromatic carbocycles. The van der Waals surface area contributed by atoms with Crippen LogP contribution in [0.2, 0.25) is 0 Å². The van der Waals surface area contributed by atoms with Crippen LogP contribution in [0.3, 0.4) is 0 Å². The van der Waals surface area contributed by atoms with Crippen LogP contribution in [0.5, 0.6) is 0 Å². The minimum absolute atomic E-state index is 0.510. The van der Waals surface area contributed by atoms with Gasteiger partial charge in [0, 0.05) is 17.5 Å². The van der Waals surface area contributed by atoms with Crippen molar-refractivity contribution in [1.29, 1.82) is 0 Å². The first kappa shape index (κ1) is 15.2. The van der Waals surface area contributed by atoms with Gasteiger partial charge in [-0.05, 0) is 34.5 Å². The smallest absolute Gasteiger partial charge is 0.133 e. The highest BCUT2D eigenvalue weighted by Gasteiger charge is 2.13. The first-order valence-electron chi connectivity index (χ1n) is 6.57. The van der Waals surface area contributed by atoms with Crippen LogP contribution in [0.4, 0.5) is 0 Å². The molecule has 2 rings (SSSR count). The van der Waals surface area contributed by atoms with Crippen LogP contribution < -0.4 is 5.32 Å². The van der Waals surface area contributed by atoms with E-state index in [9.17, 15) is 0 Å². The highest BCUT2D eigenvalue weighted by Crippen LogP contribution is 2.35. The molecule has 0 atom stereocenters. The van der Waals surface area contributed by atoms with Gasteiger partial charge in [-0.2, -0.15) is 0 Å². The Labute approximate surface area is 131 Å². The highest BCUT2D eigenvalue weighted by atomic mass is 79.9. The van der Waals surface area contributed by atoms with Crippen LogP contribution in [0.1, 0.15) is 37.8 Å². The van der Waals surface area contributed by atoms with Crippen molar-refractivity contribution in [2.45, 2.75) is 46.2 Å². The average Bonchev–Trinajstić information content (AvgIpc) is 2.94. The Bertz CT molecular complexity index is 531. The summed E-state index contributed by atoms with van der Waals surface area (Å²) in [6.07, 6.45) is 2.21. The molecular formula is C14H19BrN2S2. The summed E-state index contributed by atoms with van der Waals surface area (Å²) in [5.74, 6) is 0. The van der Waals surface area contributed by atoms with E-state index in [1.165, 1.54) is 15.4 Å². The topological polar surface area (TPSA) is 24.9 Å². The van der Waals surface area contributed by atoms with Gasteiger partial charge < -0.3 is 5.32 Å². The van der Waals surface area contributed by atoms with Gasteiger partial charge in [0.05, 0.1) is 14.4 Å². The zero-order valence-electron chi connectivity index (χ0n) is 11.5. The van der Waals surface area contributed by atoms with Crippen LogP contribution in [-0.4, -0.2) is 11.0 Å². The van der Waals surface area contributed by atoms with Crippen LogP contribution in [0.15, 0.2) is 15.9 Å². The molecule has 0 fully saturated rings. The van der Waals surface area contributed by atoms with Gasteiger partial charge in [0.2, 0.25) is 0 Å². The quantitative estimate of drug-likeness (QED) is 0.778. The molecule has 0 radical (unpaired) electrons. The Morgan fingerprint density at radius 2 is 2.11 bits per heavy atom. The van der Waals surface area contributed by atoms with Crippen LogP contribution in [0, 0.1) is 0 Å². The summed E-state index contributed by atoms with van der Waals surface area (Å²) < 4.78 is 1.16. The third-order valence-corrected chi connectivity index (χ3v) is 5.61. The number of thiophene rings is 1. The molecule has 2 aromatic rings. The Morgan fingerprint density at radius 3 is 2.68 bits per heavy atom. The molecule has 0 aliphatic heterocycles. The van der Waals surface area contributed by atoms with Crippen molar-refractivity contribution in [3.05, 3.63) is 26.5 Å². The lowest BCUT2D eigenvalue weighted by atomic mass is 10.2. The lowest BCUT2D eigenvalue weighted by molar-refractivity contribution is 0.589. The first-order valence-corrected chi connectivity index (χ1v) is 9.00. The number of nitrogens with zero attached hydrogens (tertiary/aromatic N) is 1. The van der Waals surface area contributed by atoms with Gasteiger partial charge in [-0.15, -0.1) is 22.7 Å². The summed E-state index contributed by atoms with van der Waals surface area (Å²) in [4.78, 5) is 7.47. The number of aryl methyl sites for hydroxylation is 1. The second-order valence-corrected chi connectivity index (χ2v) is 8.32. The number of thiazole rings is 1. The molecule has 1 N–H and O–H groups in total. The molecular weight excluding hydrogens is 340 g/mol. The fraction of sp³-hybridized carbons (Fsp3) is 0.500. The summed E-state index contributed by atoms with van der Waals surface area (Å²) in [7, 11) is 0. The Balaban J connectivity index is 2.23. The second kappa shape index (κ2) is 6.97. The van der Waals surface area contributed by atoms with E-state index in [-0.39, 0.29) is 0 Å². The summed E-state index contributed by atoms with van der Waals surface area (Å²) >= 11 is 7.09. The van der Waals surface area contributed by atoms with Gasteiger partial charge in [-0.3, -0.25) is 0 Å². The lowest BCUT2D eigenvalue weighted by Crippen LogP contribution is -2.21. The largest absolute Gasteiger partial charge is 0.310 e. The molecule has 0 bridgehead atoms. The number of halogens is 1. The molecule has 2 heterocycles. The van der Waals surface area contributed by atoms with Crippen LogP contribution in [0.25, 0.3) is 9.88 Å². The van der Waals surface area contributed by atoms with Crippen molar-refractivity contribution >= 4 is 38.6 Å². The Morgan fingerprint density at radius 1 is 1.32 bits per heavy atom. The number of nitrogens with one attached hydrogen (secondary N) is 1. The maximum atomic E-state index is 4.83. The van der Waals surface area contributed by atoms with Crippen molar-refractivity contribution in [2.24, 2.45) is 0 Å². The van der Waals surface area contributed by atoms with Crippen molar-refractivity contribution < 1.29 is 0 Å². The Hall–Kier alpha value is -0.230. The summed E-state index contributed by atoms with van der Waals surface area (Å²) in [6, 6.07) is 4.74. The van der Waals surface area contributed by atoms with Gasteiger partial charge in [-0.25, -0.2) is 4.98 Å². The molecule has 0 unspecified atom stereocenters. The maximum absolute atomic E-state index is 4.83. The number of rotatable bonds is 6. The summed E-state index contributed by atoms with van der Waals surface area (Å²) in [5, 5.41) is 4.65. The van der Waals surface area contributed by atoms with Gasteiger partial charge in [0.15, 0.2) is 0 Å². The van der Waals surface area contributed by atoms with Gasteiger partial charge >= 0.3 is 0 Å². The van der Waals surface area contributed by atoms with E-state index in [0.717, 1.165) is 28.2 Å². The SMILES string of the molecule is CCCc1nc(-c2ccc(Br)s2)sc1CNC(C)C. The zero-order valence-corrected chi connectivity index (χ0v) is 14.7. The molecule has 104 valence electrons. The molecule has 2 aromatic heterocycles. The van der Waals surface area contributed by atoms with E-state index in [1.54, 1.807) is 11.3 Å². The standard InChI is InChI=1S/C14H19BrN2S2/c1-4-5-10-12(8-16-9(2)3)19-14(17-10)11-6-7-13(15)18-11/h6-7,9,16H,4-5,8H2,1-3H3.